The van der Waals surface area contributed by atoms with Gasteiger partial charge in [0.2, 0.25) is 0 Å². The molecule has 0 saturated carbocycles. The van der Waals surface area contributed by atoms with Gasteiger partial charge < -0.3 is 10.2 Å². The molecule has 2 heterocycles. The zero-order valence-corrected chi connectivity index (χ0v) is 17.3. The molecule has 0 radical (unpaired) electrons. The lowest BCUT2D eigenvalue weighted by molar-refractivity contribution is 0.0907. The Hall–Kier alpha value is -3.43. The van der Waals surface area contributed by atoms with Gasteiger partial charge in [0.15, 0.2) is 5.69 Å². The van der Waals surface area contributed by atoms with E-state index in [4.69, 9.17) is 5.26 Å². The SMILES string of the molecule is Cc1ccc(-n2nc(C(=O)N[C@H]3CCCN(C)C3)cc2-c2ccc(C#N)cc2)cc1. The number of carbonyl (C=O) groups excluding carboxylic acids is 1. The van der Waals surface area contributed by atoms with Gasteiger partial charge >= 0.3 is 0 Å². The topological polar surface area (TPSA) is 74.0 Å². The Balaban J connectivity index is 1.68. The molecule has 30 heavy (non-hydrogen) atoms. The van der Waals surface area contributed by atoms with Gasteiger partial charge in [-0.2, -0.15) is 10.4 Å². The number of hydrogen-bond donors (Lipinski definition) is 1. The molecule has 2 aromatic carbocycles. The number of aromatic nitrogens is 2. The number of nitriles is 1. The number of hydrogen-bond acceptors (Lipinski definition) is 4. The molecule has 6 heteroatoms. The number of aryl methyl sites for hydroxylation is 1. The lowest BCUT2D eigenvalue weighted by Crippen LogP contribution is -2.46. The second-order valence-electron chi connectivity index (χ2n) is 7.93. The first-order valence-electron chi connectivity index (χ1n) is 10.2. The number of amides is 1. The van der Waals surface area contributed by atoms with Crippen molar-refractivity contribution in [1.29, 1.82) is 5.26 Å². The van der Waals surface area contributed by atoms with Crippen LogP contribution in [0.15, 0.2) is 54.6 Å². The van der Waals surface area contributed by atoms with E-state index in [-0.39, 0.29) is 11.9 Å². The molecule has 1 aromatic heterocycles. The van der Waals surface area contributed by atoms with Crippen molar-refractivity contribution in [2.24, 2.45) is 0 Å². The average molecular weight is 399 g/mol. The van der Waals surface area contributed by atoms with Crippen LogP contribution < -0.4 is 5.32 Å². The molecule has 0 bridgehead atoms. The van der Waals surface area contributed by atoms with Crippen LogP contribution in [0.3, 0.4) is 0 Å². The summed E-state index contributed by atoms with van der Waals surface area (Å²) >= 11 is 0. The number of likely N-dealkylation sites (tertiary alicyclic amines) is 1. The maximum Gasteiger partial charge on any atom is 0.272 e. The predicted octanol–water partition coefficient (Wildman–Crippen LogP) is 3.54. The lowest BCUT2D eigenvalue weighted by atomic mass is 10.1. The van der Waals surface area contributed by atoms with Crippen molar-refractivity contribution in [3.63, 3.8) is 0 Å². The fourth-order valence-electron chi connectivity index (χ4n) is 3.84. The van der Waals surface area contributed by atoms with Crippen LogP contribution in [0.1, 0.15) is 34.5 Å². The second kappa shape index (κ2) is 8.52. The summed E-state index contributed by atoms with van der Waals surface area (Å²) in [6.07, 6.45) is 2.06. The molecule has 152 valence electrons. The van der Waals surface area contributed by atoms with Gasteiger partial charge in [0.1, 0.15) is 0 Å². The van der Waals surface area contributed by atoms with Gasteiger partial charge in [-0.25, -0.2) is 4.68 Å². The van der Waals surface area contributed by atoms with Crippen LogP contribution >= 0.6 is 0 Å². The summed E-state index contributed by atoms with van der Waals surface area (Å²) in [4.78, 5) is 15.2. The van der Waals surface area contributed by atoms with E-state index < -0.39 is 0 Å². The van der Waals surface area contributed by atoms with Gasteiger partial charge in [-0.1, -0.05) is 29.8 Å². The molecule has 1 aliphatic rings. The number of piperidine rings is 1. The minimum Gasteiger partial charge on any atom is -0.347 e. The van der Waals surface area contributed by atoms with E-state index in [9.17, 15) is 4.79 Å². The number of carbonyl (C=O) groups is 1. The van der Waals surface area contributed by atoms with Crippen molar-refractivity contribution in [2.45, 2.75) is 25.8 Å². The summed E-state index contributed by atoms with van der Waals surface area (Å²) in [5.41, 5.74) is 4.75. The molecule has 6 nitrogen and oxygen atoms in total. The molecular formula is C24H25N5O. The Bertz CT molecular complexity index is 1080. The summed E-state index contributed by atoms with van der Waals surface area (Å²) in [6.45, 7) is 3.96. The zero-order valence-electron chi connectivity index (χ0n) is 17.3. The Morgan fingerprint density at radius 3 is 2.57 bits per heavy atom. The first kappa shape index (κ1) is 19.9. The molecule has 0 aliphatic carbocycles. The van der Waals surface area contributed by atoms with Gasteiger partial charge in [-0.05, 0) is 63.7 Å². The summed E-state index contributed by atoms with van der Waals surface area (Å²) in [7, 11) is 2.08. The Kier molecular flexibility index (Phi) is 5.64. The van der Waals surface area contributed by atoms with Gasteiger partial charge in [-0.15, -0.1) is 0 Å². The van der Waals surface area contributed by atoms with E-state index in [1.165, 1.54) is 0 Å². The fraction of sp³-hybridized carbons (Fsp3) is 0.292. The maximum atomic E-state index is 13.0. The van der Waals surface area contributed by atoms with Crippen molar-refractivity contribution in [3.05, 3.63) is 71.4 Å². The molecule has 0 spiro atoms. The predicted molar refractivity (Wildman–Crippen MR) is 116 cm³/mol. The highest BCUT2D eigenvalue weighted by Gasteiger charge is 2.22. The maximum absolute atomic E-state index is 13.0. The third kappa shape index (κ3) is 4.27. The summed E-state index contributed by atoms with van der Waals surface area (Å²) in [5.74, 6) is -0.156. The first-order valence-corrected chi connectivity index (χ1v) is 10.2. The molecule has 0 unspecified atom stereocenters. The summed E-state index contributed by atoms with van der Waals surface area (Å²) in [5, 5.41) is 16.9. The van der Waals surface area contributed by atoms with E-state index in [0.29, 0.717) is 11.3 Å². The summed E-state index contributed by atoms with van der Waals surface area (Å²) in [6, 6.07) is 19.5. The van der Waals surface area contributed by atoms with E-state index in [0.717, 1.165) is 48.4 Å². The Morgan fingerprint density at radius 1 is 1.17 bits per heavy atom. The quantitative estimate of drug-likeness (QED) is 0.728. The van der Waals surface area contributed by atoms with Crippen LogP contribution in [0, 0.1) is 18.3 Å². The van der Waals surface area contributed by atoms with Crippen molar-refractivity contribution in [3.8, 4) is 23.0 Å². The minimum absolute atomic E-state index is 0.138. The molecule has 1 aliphatic heterocycles. The number of likely N-dealkylation sites (N-methyl/N-ethyl adjacent to an activating group) is 1. The minimum atomic E-state index is -0.156. The van der Waals surface area contributed by atoms with Crippen LogP contribution in [0.2, 0.25) is 0 Å². The number of nitrogens with one attached hydrogen (secondary N) is 1. The third-order valence-electron chi connectivity index (χ3n) is 5.49. The molecule has 1 fully saturated rings. The van der Waals surface area contributed by atoms with E-state index >= 15 is 0 Å². The smallest absolute Gasteiger partial charge is 0.272 e. The first-order chi connectivity index (χ1) is 14.5. The van der Waals surface area contributed by atoms with Crippen molar-refractivity contribution in [2.75, 3.05) is 20.1 Å². The summed E-state index contributed by atoms with van der Waals surface area (Å²) < 4.78 is 1.79. The molecule has 1 saturated heterocycles. The van der Waals surface area contributed by atoms with Crippen LogP contribution in [-0.2, 0) is 0 Å². The lowest BCUT2D eigenvalue weighted by Gasteiger charge is -2.29. The highest BCUT2D eigenvalue weighted by Crippen LogP contribution is 2.25. The number of benzene rings is 2. The Labute approximate surface area is 176 Å². The second-order valence-corrected chi connectivity index (χ2v) is 7.93. The van der Waals surface area contributed by atoms with Crippen molar-refractivity contribution in [1.82, 2.24) is 20.0 Å². The van der Waals surface area contributed by atoms with Gasteiger partial charge in [0.05, 0.1) is 23.0 Å². The molecule has 1 N–H and O–H groups in total. The highest BCUT2D eigenvalue weighted by molar-refractivity contribution is 5.93. The molecular weight excluding hydrogens is 374 g/mol. The third-order valence-corrected chi connectivity index (χ3v) is 5.49. The largest absolute Gasteiger partial charge is 0.347 e. The van der Waals surface area contributed by atoms with E-state index in [2.05, 4.69) is 28.4 Å². The number of nitrogens with zero attached hydrogens (tertiary/aromatic N) is 4. The van der Waals surface area contributed by atoms with Gasteiger partial charge in [0, 0.05) is 18.2 Å². The number of rotatable bonds is 4. The van der Waals surface area contributed by atoms with Crippen molar-refractivity contribution < 1.29 is 4.79 Å². The Morgan fingerprint density at radius 2 is 1.90 bits per heavy atom. The molecule has 1 atom stereocenters. The van der Waals surface area contributed by atoms with Crippen LogP contribution in [0.4, 0.5) is 0 Å². The van der Waals surface area contributed by atoms with E-state index in [1.807, 2.05) is 49.4 Å². The normalized spacial score (nSPS) is 16.8. The zero-order chi connectivity index (χ0) is 21.1. The van der Waals surface area contributed by atoms with Gasteiger partial charge in [0.25, 0.3) is 5.91 Å². The van der Waals surface area contributed by atoms with E-state index in [1.54, 1.807) is 16.8 Å². The van der Waals surface area contributed by atoms with Crippen LogP contribution in [0.5, 0.6) is 0 Å². The highest BCUT2D eigenvalue weighted by atomic mass is 16.2. The molecule has 3 aromatic rings. The monoisotopic (exact) mass is 399 g/mol. The van der Waals surface area contributed by atoms with Gasteiger partial charge in [-0.3, -0.25) is 4.79 Å². The standard InChI is InChI=1S/C24H25N5O/c1-17-5-11-21(12-6-17)29-23(19-9-7-18(15-25)8-10-19)14-22(27-29)24(30)26-20-4-3-13-28(2)16-20/h5-12,14,20H,3-4,13,16H2,1-2H3,(H,26,30)/t20-/m0/s1. The fourth-order valence-corrected chi connectivity index (χ4v) is 3.84. The average Bonchev–Trinajstić information content (AvgIpc) is 3.20. The van der Waals surface area contributed by atoms with Crippen LogP contribution in [-0.4, -0.2) is 46.8 Å². The molecule has 1 amide bonds. The van der Waals surface area contributed by atoms with Crippen molar-refractivity contribution >= 4 is 5.91 Å². The molecule has 4 rings (SSSR count). The van der Waals surface area contributed by atoms with Crippen LogP contribution in [0.25, 0.3) is 16.9 Å².